The summed E-state index contributed by atoms with van der Waals surface area (Å²) >= 11 is 0. The largest absolute Gasteiger partial charge is 0.352 e. The van der Waals surface area contributed by atoms with E-state index in [-0.39, 0.29) is 36.2 Å². The van der Waals surface area contributed by atoms with E-state index in [4.69, 9.17) is 0 Å². The Labute approximate surface area is 155 Å². The second kappa shape index (κ2) is 9.78. The highest BCUT2D eigenvalue weighted by Gasteiger charge is 2.22. The van der Waals surface area contributed by atoms with E-state index in [1.807, 2.05) is 24.3 Å². The van der Waals surface area contributed by atoms with Crippen molar-refractivity contribution in [1.29, 1.82) is 0 Å². The van der Waals surface area contributed by atoms with Gasteiger partial charge in [-0.1, -0.05) is 25.0 Å². The lowest BCUT2D eigenvalue weighted by atomic mass is 10.1. The van der Waals surface area contributed by atoms with Crippen molar-refractivity contribution in [2.45, 2.75) is 51.1 Å². The summed E-state index contributed by atoms with van der Waals surface area (Å²) in [5.74, 6) is 0.337. The molecule has 1 saturated carbocycles. The molecule has 1 aliphatic heterocycles. The summed E-state index contributed by atoms with van der Waals surface area (Å²) in [6.45, 7) is 2.41. The normalized spacial score (nSPS) is 20.6. The number of carbonyl (C=O) groups excluding carboxylic acids is 2. The van der Waals surface area contributed by atoms with Gasteiger partial charge in [-0.2, -0.15) is 0 Å². The van der Waals surface area contributed by atoms with Gasteiger partial charge >= 0.3 is 0 Å². The molecule has 1 saturated heterocycles. The first-order chi connectivity index (χ1) is 11.7. The van der Waals surface area contributed by atoms with E-state index in [1.165, 1.54) is 12.8 Å². The van der Waals surface area contributed by atoms with Crippen LogP contribution in [0.3, 0.4) is 0 Å². The molecule has 2 fully saturated rings. The topological polar surface area (TPSA) is 70.2 Å². The average molecular weight is 366 g/mol. The second-order valence-corrected chi connectivity index (χ2v) is 6.91. The third-order valence-corrected chi connectivity index (χ3v) is 5.04. The molecule has 6 heteroatoms. The number of rotatable bonds is 5. The van der Waals surface area contributed by atoms with Gasteiger partial charge in [0.1, 0.15) is 0 Å². The van der Waals surface area contributed by atoms with Gasteiger partial charge in [-0.25, -0.2) is 0 Å². The van der Waals surface area contributed by atoms with Crippen LogP contribution in [0.4, 0.5) is 0 Å². The third-order valence-electron chi connectivity index (χ3n) is 5.04. The van der Waals surface area contributed by atoms with E-state index in [0.29, 0.717) is 12.1 Å². The van der Waals surface area contributed by atoms with Crippen LogP contribution in [0.5, 0.6) is 0 Å². The Hall–Kier alpha value is -1.59. The molecule has 5 nitrogen and oxygen atoms in total. The number of hydrogen-bond donors (Lipinski definition) is 3. The van der Waals surface area contributed by atoms with Crippen LogP contribution < -0.4 is 16.0 Å². The Bertz CT molecular complexity index is 565. The summed E-state index contributed by atoms with van der Waals surface area (Å²) in [7, 11) is 0. The van der Waals surface area contributed by atoms with Gasteiger partial charge in [-0.3, -0.25) is 9.59 Å². The molecule has 0 spiro atoms. The van der Waals surface area contributed by atoms with Crippen LogP contribution in [-0.2, 0) is 11.3 Å². The molecule has 25 heavy (non-hydrogen) atoms. The average Bonchev–Trinajstić information content (AvgIpc) is 3.16. The predicted octanol–water partition coefficient (Wildman–Crippen LogP) is 2.40. The van der Waals surface area contributed by atoms with Crippen LogP contribution >= 0.6 is 12.4 Å². The molecule has 0 radical (unpaired) electrons. The lowest BCUT2D eigenvalue weighted by molar-refractivity contribution is -0.124. The first-order valence-electron chi connectivity index (χ1n) is 9.10. The molecular formula is C19H28ClN3O2. The van der Waals surface area contributed by atoms with Crippen molar-refractivity contribution in [3.8, 4) is 0 Å². The van der Waals surface area contributed by atoms with E-state index in [2.05, 4.69) is 16.0 Å². The van der Waals surface area contributed by atoms with E-state index < -0.39 is 0 Å². The highest BCUT2D eigenvalue weighted by molar-refractivity contribution is 5.94. The molecule has 2 amide bonds. The number of hydrogen-bond acceptors (Lipinski definition) is 3. The van der Waals surface area contributed by atoms with E-state index in [1.54, 1.807) is 0 Å². The van der Waals surface area contributed by atoms with Crippen LogP contribution in [0.25, 0.3) is 0 Å². The Balaban J connectivity index is 0.00000225. The summed E-state index contributed by atoms with van der Waals surface area (Å²) in [6.07, 6.45) is 6.49. The zero-order chi connectivity index (χ0) is 16.8. The molecule has 1 atom stereocenters. The fourth-order valence-electron chi connectivity index (χ4n) is 3.54. The Morgan fingerprint density at radius 1 is 1.04 bits per heavy atom. The zero-order valence-electron chi connectivity index (χ0n) is 14.6. The lowest BCUT2D eigenvalue weighted by Crippen LogP contribution is -2.45. The Kier molecular flexibility index (Phi) is 7.72. The summed E-state index contributed by atoms with van der Waals surface area (Å²) in [5, 5.41) is 9.37. The molecule has 1 aliphatic carbocycles. The van der Waals surface area contributed by atoms with Crippen molar-refractivity contribution < 1.29 is 9.59 Å². The quantitative estimate of drug-likeness (QED) is 0.750. The monoisotopic (exact) mass is 365 g/mol. The van der Waals surface area contributed by atoms with Gasteiger partial charge in [-0.05, 0) is 49.9 Å². The highest BCUT2D eigenvalue weighted by atomic mass is 35.5. The molecule has 1 heterocycles. The minimum absolute atomic E-state index is 0. The van der Waals surface area contributed by atoms with Crippen LogP contribution in [0.2, 0.25) is 0 Å². The summed E-state index contributed by atoms with van der Waals surface area (Å²) in [5.41, 5.74) is 1.70. The molecule has 0 bridgehead atoms. The fraction of sp³-hybridized carbons (Fsp3) is 0.579. The maximum absolute atomic E-state index is 12.3. The van der Waals surface area contributed by atoms with Crippen molar-refractivity contribution in [2.75, 3.05) is 13.1 Å². The van der Waals surface area contributed by atoms with Crippen LogP contribution in [-0.4, -0.2) is 30.9 Å². The number of carbonyl (C=O) groups is 2. The number of amides is 2. The number of piperidine rings is 1. The zero-order valence-corrected chi connectivity index (χ0v) is 15.4. The minimum atomic E-state index is -0.0229. The SMILES string of the molecule is Cl.O=C(N[C@H]1CCCNC1)c1ccc(CNC(=O)C2CCCC2)cc1. The van der Waals surface area contributed by atoms with Crippen LogP contribution in [0, 0.1) is 5.92 Å². The lowest BCUT2D eigenvalue weighted by Gasteiger charge is -2.23. The third kappa shape index (κ3) is 5.72. The van der Waals surface area contributed by atoms with Crippen molar-refractivity contribution in [2.24, 2.45) is 5.92 Å². The molecular weight excluding hydrogens is 338 g/mol. The van der Waals surface area contributed by atoms with Crippen LogP contribution in [0.15, 0.2) is 24.3 Å². The summed E-state index contributed by atoms with van der Waals surface area (Å²) in [4.78, 5) is 24.3. The minimum Gasteiger partial charge on any atom is -0.352 e. The molecule has 3 N–H and O–H groups in total. The van der Waals surface area contributed by atoms with Crippen molar-refractivity contribution in [3.05, 3.63) is 35.4 Å². The van der Waals surface area contributed by atoms with Gasteiger partial charge < -0.3 is 16.0 Å². The van der Waals surface area contributed by atoms with Gasteiger partial charge in [0.05, 0.1) is 0 Å². The van der Waals surface area contributed by atoms with Gasteiger partial charge in [0.25, 0.3) is 5.91 Å². The van der Waals surface area contributed by atoms with E-state index in [0.717, 1.165) is 44.3 Å². The Morgan fingerprint density at radius 3 is 2.40 bits per heavy atom. The molecule has 3 rings (SSSR count). The molecule has 1 aromatic rings. The van der Waals surface area contributed by atoms with Crippen molar-refractivity contribution in [3.63, 3.8) is 0 Å². The first-order valence-corrected chi connectivity index (χ1v) is 9.10. The van der Waals surface area contributed by atoms with Gasteiger partial charge in [0.15, 0.2) is 0 Å². The van der Waals surface area contributed by atoms with Gasteiger partial charge in [0.2, 0.25) is 5.91 Å². The van der Waals surface area contributed by atoms with Crippen molar-refractivity contribution >= 4 is 24.2 Å². The molecule has 0 unspecified atom stereocenters. The van der Waals surface area contributed by atoms with E-state index >= 15 is 0 Å². The highest BCUT2D eigenvalue weighted by Crippen LogP contribution is 2.24. The fourth-order valence-corrected chi connectivity index (χ4v) is 3.54. The summed E-state index contributed by atoms with van der Waals surface area (Å²) in [6, 6.07) is 7.73. The molecule has 1 aromatic carbocycles. The molecule has 138 valence electrons. The maximum atomic E-state index is 12.3. The first kappa shape index (κ1) is 19.7. The second-order valence-electron chi connectivity index (χ2n) is 6.91. The Morgan fingerprint density at radius 2 is 1.76 bits per heavy atom. The van der Waals surface area contributed by atoms with Crippen LogP contribution in [0.1, 0.15) is 54.4 Å². The smallest absolute Gasteiger partial charge is 0.251 e. The van der Waals surface area contributed by atoms with Gasteiger partial charge in [-0.15, -0.1) is 12.4 Å². The van der Waals surface area contributed by atoms with Gasteiger partial charge in [0, 0.05) is 30.6 Å². The standard InChI is InChI=1S/C19H27N3O2.ClH/c23-18(15-4-1-2-5-15)21-12-14-7-9-16(10-8-14)19(24)22-17-6-3-11-20-13-17;/h7-10,15,17,20H,1-6,11-13H2,(H,21,23)(H,22,24);1H/t17-;/m0./s1. The molecule has 0 aromatic heterocycles. The maximum Gasteiger partial charge on any atom is 0.251 e. The van der Waals surface area contributed by atoms with E-state index in [9.17, 15) is 9.59 Å². The summed E-state index contributed by atoms with van der Waals surface area (Å²) < 4.78 is 0. The predicted molar refractivity (Wildman–Crippen MR) is 101 cm³/mol. The molecule has 2 aliphatic rings. The number of benzene rings is 1. The number of halogens is 1. The number of nitrogens with one attached hydrogen (secondary N) is 3. The van der Waals surface area contributed by atoms with Crippen molar-refractivity contribution in [1.82, 2.24) is 16.0 Å².